The van der Waals surface area contributed by atoms with E-state index in [1.807, 2.05) is 0 Å². The standard InChI is InChI=1S/C7H6ClF2NO2/c8-5-3(6(9)10)1-11-7(13)4(5)2-12/h1,6,12H,2H2,(H,11,13). The highest BCUT2D eigenvalue weighted by Gasteiger charge is 2.16. The fourth-order valence-corrected chi connectivity index (χ4v) is 1.15. The summed E-state index contributed by atoms with van der Waals surface area (Å²) in [5.74, 6) is 0. The highest BCUT2D eigenvalue weighted by molar-refractivity contribution is 6.32. The molecule has 0 aliphatic rings. The van der Waals surface area contributed by atoms with E-state index in [0.29, 0.717) is 0 Å². The van der Waals surface area contributed by atoms with Crippen molar-refractivity contribution in [3.05, 3.63) is 32.7 Å². The molecule has 0 atom stereocenters. The summed E-state index contributed by atoms with van der Waals surface area (Å²) in [6.07, 6.45) is -1.93. The molecule has 0 saturated carbocycles. The topological polar surface area (TPSA) is 53.1 Å². The monoisotopic (exact) mass is 209 g/mol. The predicted molar refractivity (Wildman–Crippen MR) is 43.0 cm³/mol. The van der Waals surface area contributed by atoms with Gasteiger partial charge in [-0.3, -0.25) is 4.79 Å². The van der Waals surface area contributed by atoms with E-state index in [2.05, 4.69) is 4.98 Å². The van der Waals surface area contributed by atoms with Gasteiger partial charge in [0.25, 0.3) is 12.0 Å². The quantitative estimate of drug-likeness (QED) is 0.775. The van der Waals surface area contributed by atoms with Crippen molar-refractivity contribution in [3.8, 4) is 0 Å². The maximum Gasteiger partial charge on any atom is 0.266 e. The highest BCUT2D eigenvalue weighted by atomic mass is 35.5. The van der Waals surface area contributed by atoms with Crippen LogP contribution in [0.3, 0.4) is 0 Å². The number of rotatable bonds is 2. The van der Waals surface area contributed by atoms with Crippen LogP contribution >= 0.6 is 11.6 Å². The Kier molecular flexibility index (Phi) is 3.00. The van der Waals surface area contributed by atoms with Gasteiger partial charge in [0.05, 0.1) is 22.8 Å². The van der Waals surface area contributed by atoms with E-state index in [1.54, 1.807) is 0 Å². The van der Waals surface area contributed by atoms with Gasteiger partial charge in [0, 0.05) is 6.20 Å². The number of hydrogen-bond acceptors (Lipinski definition) is 2. The van der Waals surface area contributed by atoms with Crippen molar-refractivity contribution >= 4 is 11.6 Å². The molecule has 0 spiro atoms. The van der Waals surface area contributed by atoms with Gasteiger partial charge in [-0.05, 0) is 0 Å². The molecule has 1 heterocycles. The smallest absolute Gasteiger partial charge is 0.266 e. The highest BCUT2D eigenvalue weighted by Crippen LogP contribution is 2.26. The van der Waals surface area contributed by atoms with Crippen molar-refractivity contribution in [1.82, 2.24) is 4.98 Å². The van der Waals surface area contributed by atoms with Gasteiger partial charge in [0.1, 0.15) is 0 Å². The molecule has 0 bridgehead atoms. The van der Waals surface area contributed by atoms with Crippen LogP contribution in [-0.2, 0) is 6.61 Å². The van der Waals surface area contributed by atoms with Crippen LogP contribution in [0.4, 0.5) is 8.78 Å². The summed E-state index contributed by atoms with van der Waals surface area (Å²) in [5, 5.41) is 8.28. The van der Waals surface area contributed by atoms with Crippen molar-refractivity contribution in [1.29, 1.82) is 0 Å². The lowest BCUT2D eigenvalue weighted by Gasteiger charge is -2.05. The molecule has 0 radical (unpaired) electrons. The number of aliphatic hydroxyl groups excluding tert-OH is 1. The van der Waals surface area contributed by atoms with Crippen LogP contribution in [0, 0.1) is 0 Å². The largest absolute Gasteiger partial charge is 0.391 e. The summed E-state index contributed by atoms with van der Waals surface area (Å²) in [6, 6.07) is 0. The number of aromatic amines is 1. The summed E-state index contributed by atoms with van der Waals surface area (Å²) in [4.78, 5) is 13.0. The Bertz CT molecular complexity index is 364. The molecule has 0 saturated heterocycles. The van der Waals surface area contributed by atoms with Gasteiger partial charge in [-0.1, -0.05) is 11.6 Å². The van der Waals surface area contributed by atoms with Crippen LogP contribution < -0.4 is 5.56 Å². The molecular formula is C7H6ClF2NO2. The molecule has 0 amide bonds. The summed E-state index contributed by atoms with van der Waals surface area (Å²) < 4.78 is 24.4. The SMILES string of the molecule is O=c1[nH]cc(C(F)F)c(Cl)c1CO. The molecule has 2 N–H and O–H groups in total. The second-order valence-corrected chi connectivity index (χ2v) is 2.70. The summed E-state index contributed by atoms with van der Waals surface area (Å²) in [7, 11) is 0. The third-order valence-corrected chi connectivity index (χ3v) is 1.99. The first kappa shape index (κ1) is 10.1. The fraction of sp³-hybridized carbons (Fsp3) is 0.286. The molecule has 6 heteroatoms. The van der Waals surface area contributed by atoms with E-state index in [1.165, 1.54) is 0 Å². The molecule has 0 fully saturated rings. The number of aliphatic hydroxyl groups is 1. The molecular weight excluding hydrogens is 204 g/mol. The first-order valence-electron chi connectivity index (χ1n) is 3.37. The lowest BCUT2D eigenvalue weighted by molar-refractivity contribution is 0.150. The Hall–Kier alpha value is -0.940. The maximum absolute atomic E-state index is 12.2. The lowest BCUT2D eigenvalue weighted by Crippen LogP contribution is -2.14. The van der Waals surface area contributed by atoms with Gasteiger partial charge >= 0.3 is 0 Å². The minimum Gasteiger partial charge on any atom is -0.391 e. The van der Waals surface area contributed by atoms with Gasteiger partial charge in [-0.25, -0.2) is 8.78 Å². The average molecular weight is 210 g/mol. The first-order valence-corrected chi connectivity index (χ1v) is 3.74. The third-order valence-electron chi connectivity index (χ3n) is 1.54. The molecule has 3 nitrogen and oxygen atoms in total. The van der Waals surface area contributed by atoms with E-state index in [9.17, 15) is 13.6 Å². The van der Waals surface area contributed by atoms with Crippen LogP contribution in [0.2, 0.25) is 5.02 Å². The molecule has 0 aliphatic heterocycles. The number of nitrogens with one attached hydrogen (secondary N) is 1. The predicted octanol–water partition coefficient (Wildman–Crippen LogP) is 1.46. The van der Waals surface area contributed by atoms with Crippen molar-refractivity contribution in [2.24, 2.45) is 0 Å². The molecule has 0 aliphatic carbocycles. The van der Waals surface area contributed by atoms with Crippen molar-refractivity contribution in [2.75, 3.05) is 0 Å². The maximum atomic E-state index is 12.2. The summed E-state index contributed by atoms with van der Waals surface area (Å²) in [6.45, 7) is -0.658. The van der Waals surface area contributed by atoms with E-state index in [-0.39, 0.29) is 10.6 Å². The van der Waals surface area contributed by atoms with Crippen LogP contribution in [0.1, 0.15) is 17.6 Å². The Morgan fingerprint density at radius 1 is 1.62 bits per heavy atom. The second kappa shape index (κ2) is 3.85. The van der Waals surface area contributed by atoms with E-state index in [4.69, 9.17) is 16.7 Å². The number of hydrogen-bond donors (Lipinski definition) is 2. The molecule has 0 unspecified atom stereocenters. The zero-order valence-corrected chi connectivity index (χ0v) is 7.11. The van der Waals surface area contributed by atoms with Crippen molar-refractivity contribution < 1.29 is 13.9 Å². The number of H-pyrrole nitrogens is 1. The molecule has 1 aromatic heterocycles. The number of halogens is 3. The first-order chi connectivity index (χ1) is 6.07. The number of pyridine rings is 1. The number of alkyl halides is 2. The van der Waals surface area contributed by atoms with Crippen LogP contribution in [-0.4, -0.2) is 10.1 Å². The third kappa shape index (κ3) is 1.87. The van der Waals surface area contributed by atoms with Gasteiger partial charge in [0.15, 0.2) is 0 Å². The molecule has 0 aromatic carbocycles. The van der Waals surface area contributed by atoms with Gasteiger partial charge < -0.3 is 10.1 Å². The Balaban J connectivity index is 3.36. The summed E-state index contributed by atoms with van der Waals surface area (Å²) in [5.41, 5.74) is -1.37. The van der Waals surface area contributed by atoms with Gasteiger partial charge in [0.2, 0.25) is 0 Å². The molecule has 1 aromatic rings. The zero-order chi connectivity index (χ0) is 10.0. The van der Waals surface area contributed by atoms with E-state index in [0.717, 1.165) is 6.20 Å². The van der Waals surface area contributed by atoms with Crippen LogP contribution in [0.5, 0.6) is 0 Å². The van der Waals surface area contributed by atoms with Crippen LogP contribution in [0.25, 0.3) is 0 Å². The normalized spacial score (nSPS) is 10.8. The van der Waals surface area contributed by atoms with Crippen molar-refractivity contribution in [2.45, 2.75) is 13.0 Å². The van der Waals surface area contributed by atoms with E-state index < -0.39 is 24.2 Å². The Morgan fingerprint density at radius 3 is 2.69 bits per heavy atom. The lowest BCUT2D eigenvalue weighted by atomic mass is 10.2. The van der Waals surface area contributed by atoms with Crippen molar-refractivity contribution in [3.63, 3.8) is 0 Å². The minimum absolute atomic E-state index is 0.237. The molecule has 1 rings (SSSR count). The zero-order valence-electron chi connectivity index (χ0n) is 6.35. The van der Waals surface area contributed by atoms with Gasteiger partial charge in [-0.2, -0.15) is 0 Å². The summed E-state index contributed by atoms with van der Waals surface area (Å²) >= 11 is 5.45. The average Bonchev–Trinajstić information content (AvgIpc) is 2.04. The van der Waals surface area contributed by atoms with Gasteiger partial charge in [-0.15, -0.1) is 0 Å². The van der Waals surface area contributed by atoms with E-state index >= 15 is 0 Å². The molecule has 13 heavy (non-hydrogen) atoms. The Morgan fingerprint density at radius 2 is 2.23 bits per heavy atom. The fourth-order valence-electron chi connectivity index (χ4n) is 0.868. The number of aromatic nitrogens is 1. The van der Waals surface area contributed by atoms with Crippen LogP contribution in [0.15, 0.2) is 11.0 Å². The Labute approximate surface area is 77.0 Å². The minimum atomic E-state index is -2.77. The molecule has 72 valence electrons. The second-order valence-electron chi connectivity index (χ2n) is 2.32.